The minimum absolute atomic E-state index is 0.00354. The molecule has 0 saturated heterocycles. The largest absolute Gasteiger partial charge is 0.349 e. The predicted octanol–water partition coefficient (Wildman–Crippen LogP) is 3.63. The summed E-state index contributed by atoms with van der Waals surface area (Å²) >= 11 is 0. The second-order valence-corrected chi connectivity index (χ2v) is 11.2. The van der Waals surface area contributed by atoms with Crippen LogP contribution < -0.4 is 10.6 Å². The highest BCUT2D eigenvalue weighted by Crippen LogP contribution is 2.65. The van der Waals surface area contributed by atoms with Gasteiger partial charge >= 0.3 is 0 Å². The molecule has 2 N–H and O–H groups in total. The van der Waals surface area contributed by atoms with E-state index in [0.29, 0.717) is 17.8 Å². The Morgan fingerprint density at radius 1 is 1.10 bits per heavy atom. The van der Waals surface area contributed by atoms with E-state index in [1.807, 2.05) is 13.8 Å². The van der Waals surface area contributed by atoms with Crippen molar-refractivity contribution in [2.75, 3.05) is 0 Å². The number of hydrogen-bond acceptors (Lipinski definition) is 3. The van der Waals surface area contributed by atoms with Crippen LogP contribution in [0.2, 0.25) is 0 Å². The Hall–Kier alpha value is -1.65. The van der Waals surface area contributed by atoms with E-state index in [0.717, 1.165) is 38.5 Å². The van der Waals surface area contributed by atoms with Gasteiger partial charge in [0.25, 0.3) is 0 Å². The molecule has 5 nitrogen and oxygen atoms in total. The van der Waals surface area contributed by atoms with Gasteiger partial charge in [0.2, 0.25) is 11.8 Å². The van der Waals surface area contributed by atoms with Crippen molar-refractivity contribution in [3.05, 3.63) is 12.2 Å². The minimum atomic E-state index is -0.387. The molecule has 0 aromatic heterocycles. The molecule has 30 heavy (non-hydrogen) atoms. The van der Waals surface area contributed by atoms with Crippen molar-refractivity contribution in [3.8, 4) is 0 Å². The highest BCUT2D eigenvalue weighted by Gasteiger charge is 2.61. The smallest absolute Gasteiger partial charge is 0.243 e. The summed E-state index contributed by atoms with van der Waals surface area (Å²) in [5.74, 6) is 1.98. The molecule has 2 amide bonds. The monoisotopic (exact) mass is 414 g/mol. The van der Waals surface area contributed by atoms with Gasteiger partial charge in [-0.3, -0.25) is 14.4 Å². The molecular formula is C25H38N2O3. The fraction of sp³-hybridized carbons (Fsp3) is 0.800. The van der Waals surface area contributed by atoms with Gasteiger partial charge in [0.05, 0.1) is 6.04 Å². The Morgan fingerprint density at radius 2 is 1.83 bits per heavy atom. The van der Waals surface area contributed by atoms with Crippen LogP contribution in [-0.2, 0) is 14.4 Å². The molecule has 0 spiro atoms. The van der Waals surface area contributed by atoms with Crippen molar-refractivity contribution in [3.63, 3.8) is 0 Å². The van der Waals surface area contributed by atoms with Crippen LogP contribution in [0.25, 0.3) is 0 Å². The van der Waals surface area contributed by atoms with Gasteiger partial charge in [-0.05, 0) is 80.6 Å². The Kier molecular flexibility index (Phi) is 5.39. The maximum atomic E-state index is 13.3. The number of nitrogens with one attached hydrogen (secondary N) is 2. The third-order valence-electron chi connectivity index (χ3n) is 9.40. The lowest BCUT2D eigenvalue weighted by atomic mass is 9.48. The second kappa shape index (κ2) is 7.49. The summed E-state index contributed by atoms with van der Waals surface area (Å²) in [6.45, 7) is 10.2. The molecule has 1 unspecified atom stereocenters. The van der Waals surface area contributed by atoms with E-state index in [-0.39, 0.29) is 52.3 Å². The van der Waals surface area contributed by atoms with Gasteiger partial charge < -0.3 is 10.6 Å². The molecule has 8 atom stereocenters. The van der Waals surface area contributed by atoms with Crippen LogP contribution in [0.4, 0.5) is 0 Å². The molecule has 3 aliphatic carbocycles. The summed E-state index contributed by atoms with van der Waals surface area (Å²) < 4.78 is 0. The normalized spacial score (nSPS) is 43.3. The van der Waals surface area contributed by atoms with Crippen molar-refractivity contribution in [2.24, 2.45) is 40.4 Å². The summed E-state index contributed by atoms with van der Waals surface area (Å²) in [4.78, 5) is 37.2. The Labute approximate surface area is 180 Å². The third-order valence-corrected chi connectivity index (χ3v) is 9.40. The zero-order valence-corrected chi connectivity index (χ0v) is 19.2. The van der Waals surface area contributed by atoms with E-state index in [1.165, 1.54) is 0 Å². The van der Waals surface area contributed by atoms with Gasteiger partial charge in [-0.25, -0.2) is 0 Å². The number of carbonyl (C=O) groups is 3. The number of carbonyl (C=O) groups excluding carboxylic acids is 3. The Morgan fingerprint density at radius 3 is 2.50 bits per heavy atom. The van der Waals surface area contributed by atoms with Crippen LogP contribution in [-0.4, -0.2) is 29.7 Å². The molecule has 4 rings (SSSR count). The van der Waals surface area contributed by atoms with Crippen molar-refractivity contribution in [2.45, 2.75) is 85.2 Å². The van der Waals surface area contributed by atoms with E-state index in [1.54, 1.807) is 13.0 Å². The molecule has 0 aromatic carbocycles. The number of rotatable bonds is 4. The summed E-state index contributed by atoms with van der Waals surface area (Å²) in [6.07, 6.45) is 10.2. The van der Waals surface area contributed by atoms with Crippen molar-refractivity contribution >= 4 is 17.6 Å². The summed E-state index contributed by atoms with van der Waals surface area (Å²) in [5, 5.41) is 6.31. The SMILES string of the molecule is CC(=O)C(NC(=O)[C@H]1CC[C@H]2[C@@H]3CC[C@H]4NC(=O)C=C[C@]4(C)[C@H]3CC[C@]12C)C(C)C. The highest BCUT2D eigenvalue weighted by molar-refractivity contribution is 5.89. The van der Waals surface area contributed by atoms with Crippen LogP contribution in [0.1, 0.15) is 73.1 Å². The zero-order valence-electron chi connectivity index (χ0n) is 19.2. The van der Waals surface area contributed by atoms with E-state index >= 15 is 0 Å². The number of amides is 2. The molecule has 1 heterocycles. The molecule has 1 aliphatic heterocycles. The van der Waals surface area contributed by atoms with E-state index in [4.69, 9.17) is 0 Å². The quantitative estimate of drug-likeness (QED) is 0.738. The van der Waals surface area contributed by atoms with Crippen LogP contribution in [0.5, 0.6) is 0 Å². The zero-order chi connectivity index (χ0) is 21.8. The van der Waals surface area contributed by atoms with Gasteiger partial charge in [0.1, 0.15) is 0 Å². The third kappa shape index (κ3) is 3.23. The maximum absolute atomic E-state index is 13.3. The molecule has 4 aliphatic rings. The van der Waals surface area contributed by atoms with Gasteiger partial charge in [-0.15, -0.1) is 0 Å². The lowest BCUT2D eigenvalue weighted by Gasteiger charge is -2.58. The highest BCUT2D eigenvalue weighted by atomic mass is 16.2. The lowest BCUT2D eigenvalue weighted by Crippen LogP contribution is -2.59. The molecule has 166 valence electrons. The first-order chi connectivity index (χ1) is 14.1. The van der Waals surface area contributed by atoms with Crippen molar-refractivity contribution < 1.29 is 14.4 Å². The first-order valence-electron chi connectivity index (χ1n) is 11.9. The van der Waals surface area contributed by atoms with E-state index < -0.39 is 0 Å². The molecule has 5 heteroatoms. The molecule has 3 fully saturated rings. The molecule has 0 radical (unpaired) electrons. The van der Waals surface area contributed by atoms with Gasteiger partial charge in [0.15, 0.2) is 5.78 Å². The fourth-order valence-corrected chi connectivity index (χ4v) is 7.76. The number of hydrogen-bond donors (Lipinski definition) is 2. The number of ketones is 1. The average molecular weight is 415 g/mol. The summed E-state index contributed by atoms with van der Waals surface area (Å²) in [7, 11) is 0. The van der Waals surface area contributed by atoms with Crippen LogP contribution in [0.3, 0.4) is 0 Å². The van der Waals surface area contributed by atoms with Crippen molar-refractivity contribution in [1.29, 1.82) is 0 Å². The van der Waals surface area contributed by atoms with Crippen LogP contribution >= 0.6 is 0 Å². The summed E-state index contributed by atoms with van der Waals surface area (Å²) in [5.41, 5.74) is 0.0320. The number of Topliss-reactive ketones (excluding diaryl/α,β-unsaturated/α-hetero) is 1. The summed E-state index contributed by atoms with van der Waals surface area (Å²) in [6, 6.07) is -0.148. The van der Waals surface area contributed by atoms with E-state index in [2.05, 4.69) is 30.6 Å². The number of fused-ring (bicyclic) bond motifs is 5. The molecular weight excluding hydrogens is 376 g/mol. The first-order valence-corrected chi connectivity index (χ1v) is 11.9. The maximum Gasteiger partial charge on any atom is 0.243 e. The first kappa shape index (κ1) is 21.6. The van der Waals surface area contributed by atoms with Crippen LogP contribution in [0, 0.1) is 40.4 Å². The van der Waals surface area contributed by atoms with E-state index in [9.17, 15) is 14.4 Å². The van der Waals surface area contributed by atoms with Gasteiger partial charge in [-0.2, -0.15) is 0 Å². The molecule has 0 bridgehead atoms. The predicted molar refractivity (Wildman–Crippen MR) is 116 cm³/mol. The average Bonchev–Trinajstić information content (AvgIpc) is 3.03. The van der Waals surface area contributed by atoms with Crippen molar-refractivity contribution in [1.82, 2.24) is 10.6 Å². The van der Waals surface area contributed by atoms with Gasteiger partial charge in [0, 0.05) is 17.4 Å². The second-order valence-electron chi connectivity index (χ2n) is 11.2. The van der Waals surface area contributed by atoms with Gasteiger partial charge in [-0.1, -0.05) is 33.8 Å². The van der Waals surface area contributed by atoms with Crippen LogP contribution in [0.15, 0.2) is 12.2 Å². The lowest BCUT2D eigenvalue weighted by molar-refractivity contribution is -0.137. The Balaban J connectivity index is 1.54. The molecule has 3 saturated carbocycles. The Bertz CT molecular complexity index is 774. The molecule has 0 aromatic rings. The fourth-order valence-electron chi connectivity index (χ4n) is 7.76. The standard InChI is InChI=1S/C25H38N2O3/c1-14(2)22(15(3)28)27-23(30)19-8-7-17-16-6-9-20-25(5,13-11-21(29)26-20)18(16)10-12-24(17,19)4/h11,13-14,16-20,22H,6-10,12H2,1-5H3,(H,26,29)(H,27,30)/t16-,17-,18-,19+,20+,22?,24-,25+/m0/s1. The topological polar surface area (TPSA) is 75.3 Å². The minimum Gasteiger partial charge on any atom is -0.349 e.